The first-order valence-electron chi connectivity index (χ1n) is 3.84. The summed E-state index contributed by atoms with van der Waals surface area (Å²) in [5, 5.41) is 3.16. The molecule has 0 amide bonds. The second kappa shape index (κ2) is 2.75. The van der Waals surface area contributed by atoms with Crippen LogP contribution >= 0.6 is 0 Å². The Morgan fingerprint density at radius 1 is 1.45 bits per heavy atom. The highest BCUT2D eigenvalue weighted by molar-refractivity contribution is 7.90. The molecule has 1 fully saturated rings. The normalized spacial score (nSPS) is 21.6. The third-order valence-corrected chi connectivity index (χ3v) is 3.28. The van der Waals surface area contributed by atoms with Crippen molar-refractivity contribution >= 4 is 9.84 Å². The summed E-state index contributed by atoms with van der Waals surface area (Å²) >= 11 is 0. The number of nitrogens with one attached hydrogen (secondary N) is 1. The third kappa shape index (κ3) is 2.79. The van der Waals surface area contributed by atoms with Crippen LogP contribution in [0.25, 0.3) is 0 Å². The van der Waals surface area contributed by atoms with Gasteiger partial charge < -0.3 is 5.32 Å². The van der Waals surface area contributed by atoms with Gasteiger partial charge >= 0.3 is 0 Å². The average Bonchev–Trinajstić information content (AvgIpc) is 2.63. The Labute approximate surface area is 68.1 Å². The predicted octanol–water partition coefficient (Wildman–Crippen LogP) is 0.173. The van der Waals surface area contributed by atoms with Crippen molar-refractivity contribution in [3.8, 4) is 0 Å². The van der Waals surface area contributed by atoms with E-state index in [1.807, 2.05) is 7.05 Å². The van der Waals surface area contributed by atoms with Crippen LogP contribution in [0.4, 0.5) is 0 Å². The lowest BCUT2D eigenvalue weighted by Gasteiger charge is -2.11. The van der Waals surface area contributed by atoms with Crippen LogP contribution in [0.1, 0.15) is 19.3 Å². The quantitative estimate of drug-likeness (QED) is 0.666. The lowest BCUT2D eigenvalue weighted by atomic mass is 10.2. The maximum atomic E-state index is 10.8. The zero-order valence-corrected chi connectivity index (χ0v) is 7.87. The predicted molar refractivity (Wildman–Crippen MR) is 45.4 cm³/mol. The molecular formula is C7H15NO2S. The largest absolute Gasteiger partial charge is 0.314 e. The second-order valence-corrected chi connectivity index (χ2v) is 5.67. The molecule has 11 heavy (non-hydrogen) atoms. The highest BCUT2D eigenvalue weighted by Crippen LogP contribution is 2.38. The summed E-state index contributed by atoms with van der Waals surface area (Å²) in [6.07, 6.45) is 4.30. The van der Waals surface area contributed by atoms with Gasteiger partial charge in [0.1, 0.15) is 9.84 Å². The Hall–Kier alpha value is -0.0900. The summed E-state index contributed by atoms with van der Waals surface area (Å²) in [5.74, 6) is 0.313. The molecule has 0 aliphatic heterocycles. The molecule has 1 aliphatic rings. The minimum atomic E-state index is -2.77. The third-order valence-electron chi connectivity index (χ3n) is 2.34. The molecule has 0 unspecified atom stereocenters. The number of hydrogen-bond acceptors (Lipinski definition) is 3. The lowest BCUT2D eigenvalue weighted by molar-refractivity contribution is 0.526. The summed E-state index contributed by atoms with van der Waals surface area (Å²) in [6, 6.07) is 0. The Morgan fingerprint density at radius 2 is 2.00 bits per heavy atom. The van der Waals surface area contributed by atoms with Gasteiger partial charge in [-0.25, -0.2) is 8.42 Å². The molecule has 1 aliphatic carbocycles. The van der Waals surface area contributed by atoms with E-state index in [-0.39, 0.29) is 5.54 Å². The zero-order valence-electron chi connectivity index (χ0n) is 7.05. The van der Waals surface area contributed by atoms with Gasteiger partial charge in [0, 0.05) is 11.8 Å². The van der Waals surface area contributed by atoms with E-state index in [2.05, 4.69) is 5.32 Å². The minimum absolute atomic E-state index is 0.170. The molecule has 1 rings (SSSR count). The van der Waals surface area contributed by atoms with E-state index in [1.165, 1.54) is 6.26 Å². The fourth-order valence-corrected chi connectivity index (χ4v) is 1.92. The first kappa shape index (κ1) is 9.00. The van der Waals surface area contributed by atoms with Gasteiger partial charge in [-0.2, -0.15) is 0 Å². The van der Waals surface area contributed by atoms with E-state index in [0.29, 0.717) is 5.75 Å². The van der Waals surface area contributed by atoms with Gasteiger partial charge in [0.25, 0.3) is 0 Å². The van der Waals surface area contributed by atoms with Crippen LogP contribution in [0, 0.1) is 0 Å². The molecule has 66 valence electrons. The SMILES string of the molecule is CNC1(CCS(C)(=O)=O)CC1. The van der Waals surface area contributed by atoms with E-state index in [9.17, 15) is 8.42 Å². The molecule has 1 N–H and O–H groups in total. The zero-order chi connectivity index (χ0) is 8.54. The fraction of sp³-hybridized carbons (Fsp3) is 1.00. The summed E-state index contributed by atoms with van der Waals surface area (Å²) < 4.78 is 21.6. The van der Waals surface area contributed by atoms with Crippen LogP contribution < -0.4 is 5.32 Å². The van der Waals surface area contributed by atoms with Crippen LogP contribution in [0.2, 0.25) is 0 Å². The second-order valence-electron chi connectivity index (χ2n) is 3.41. The molecule has 0 aromatic heterocycles. The molecule has 0 bridgehead atoms. The maximum Gasteiger partial charge on any atom is 0.147 e. The summed E-state index contributed by atoms with van der Waals surface area (Å²) in [7, 11) is -0.869. The van der Waals surface area contributed by atoms with Crippen LogP contribution in [0.15, 0.2) is 0 Å². The molecule has 0 atom stereocenters. The van der Waals surface area contributed by atoms with E-state index < -0.39 is 9.84 Å². The van der Waals surface area contributed by atoms with E-state index >= 15 is 0 Å². The molecule has 3 nitrogen and oxygen atoms in total. The molecule has 0 radical (unpaired) electrons. The van der Waals surface area contributed by atoms with E-state index in [1.54, 1.807) is 0 Å². The summed E-state index contributed by atoms with van der Waals surface area (Å²) in [5.41, 5.74) is 0.170. The molecule has 0 spiro atoms. The maximum absolute atomic E-state index is 10.8. The molecule has 0 heterocycles. The Bertz CT molecular complexity index is 229. The minimum Gasteiger partial charge on any atom is -0.314 e. The highest BCUT2D eigenvalue weighted by atomic mass is 32.2. The fourth-order valence-electron chi connectivity index (χ4n) is 1.16. The standard InChI is InChI=1S/C7H15NO2S/c1-8-7(3-4-7)5-6-11(2,9)10/h8H,3-6H2,1-2H3. The first-order valence-corrected chi connectivity index (χ1v) is 5.90. The van der Waals surface area contributed by atoms with Gasteiger partial charge in [0.15, 0.2) is 0 Å². The molecular weight excluding hydrogens is 162 g/mol. The molecule has 0 aromatic rings. The summed E-state index contributed by atoms with van der Waals surface area (Å²) in [6.45, 7) is 0. The van der Waals surface area contributed by atoms with Crippen molar-refractivity contribution in [3.63, 3.8) is 0 Å². The number of sulfone groups is 1. The smallest absolute Gasteiger partial charge is 0.147 e. The first-order chi connectivity index (χ1) is 4.97. The van der Waals surface area contributed by atoms with Crippen molar-refractivity contribution in [2.45, 2.75) is 24.8 Å². The lowest BCUT2D eigenvalue weighted by Crippen LogP contribution is -2.29. The van der Waals surface area contributed by atoms with Crippen molar-refractivity contribution in [1.29, 1.82) is 0 Å². The van der Waals surface area contributed by atoms with Crippen molar-refractivity contribution in [2.24, 2.45) is 0 Å². The Morgan fingerprint density at radius 3 is 2.27 bits per heavy atom. The molecule has 0 aromatic carbocycles. The molecule has 4 heteroatoms. The number of rotatable bonds is 4. The van der Waals surface area contributed by atoms with Crippen molar-refractivity contribution in [2.75, 3.05) is 19.1 Å². The molecule has 0 saturated heterocycles. The topological polar surface area (TPSA) is 46.2 Å². The van der Waals surface area contributed by atoms with Gasteiger partial charge in [-0.1, -0.05) is 0 Å². The van der Waals surface area contributed by atoms with Gasteiger partial charge in [-0.05, 0) is 26.3 Å². The van der Waals surface area contributed by atoms with Crippen LogP contribution in [0.5, 0.6) is 0 Å². The van der Waals surface area contributed by atoms with Crippen molar-refractivity contribution in [1.82, 2.24) is 5.32 Å². The van der Waals surface area contributed by atoms with Gasteiger partial charge in [-0.15, -0.1) is 0 Å². The van der Waals surface area contributed by atoms with Gasteiger partial charge in [0.2, 0.25) is 0 Å². The number of hydrogen-bond donors (Lipinski definition) is 1. The van der Waals surface area contributed by atoms with Crippen LogP contribution in [0.3, 0.4) is 0 Å². The van der Waals surface area contributed by atoms with Gasteiger partial charge in [-0.3, -0.25) is 0 Å². The highest BCUT2D eigenvalue weighted by Gasteiger charge is 2.40. The van der Waals surface area contributed by atoms with Crippen LogP contribution in [-0.4, -0.2) is 33.0 Å². The Balaban J connectivity index is 2.33. The average molecular weight is 177 g/mol. The Kier molecular flexibility index (Phi) is 2.25. The van der Waals surface area contributed by atoms with Crippen molar-refractivity contribution in [3.05, 3.63) is 0 Å². The monoisotopic (exact) mass is 177 g/mol. The van der Waals surface area contributed by atoms with Crippen molar-refractivity contribution < 1.29 is 8.42 Å². The van der Waals surface area contributed by atoms with E-state index in [4.69, 9.17) is 0 Å². The molecule has 1 saturated carbocycles. The van der Waals surface area contributed by atoms with E-state index in [0.717, 1.165) is 19.3 Å². The van der Waals surface area contributed by atoms with Gasteiger partial charge in [0.05, 0.1) is 5.75 Å². The summed E-state index contributed by atoms with van der Waals surface area (Å²) in [4.78, 5) is 0. The van der Waals surface area contributed by atoms with Crippen LogP contribution in [-0.2, 0) is 9.84 Å².